The van der Waals surface area contributed by atoms with E-state index < -0.39 is 23.6 Å². The van der Waals surface area contributed by atoms with Gasteiger partial charge in [0.1, 0.15) is 11.6 Å². The second-order valence-corrected chi connectivity index (χ2v) is 5.56. The van der Waals surface area contributed by atoms with Crippen LogP contribution in [0.25, 0.3) is 0 Å². The van der Waals surface area contributed by atoms with Crippen LogP contribution in [0.4, 0.5) is 8.78 Å². The molecule has 5 heteroatoms. The summed E-state index contributed by atoms with van der Waals surface area (Å²) in [6, 6.07) is 3.46. The molecule has 2 N–H and O–H groups in total. The molecule has 0 aliphatic carbocycles. The van der Waals surface area contributed by atoms with Crippen molar-refractivity contribution in [2.24, 2.45) is 5.41 Å². The lowest BCUT2D eigenvalue weighted by Crippen LogP contribution is -2.39. The Morgan fingerprint density at radius 1 is 1.32 bits per heavy atom. The van der Waals surface area contributed by atoms with E-state index in [2.05, 4.69) is 5.32 Å². The number of aliphatic hydroxyl groups is 1. The van der Waals surface area contributed by atoms with E-state index in [9.17, 15) is 18.7 Å². The molecule has 106 valence electrons. The highest BCUT2D eigenvalue weighted by atomic mass is 19.1. The first kappa shape index (κ1) is 15.6. The van der Waals surface area contributed by atoms with E-state index in [1.165, 1.54) is 6.07 Å². The highest BCUT2D eigenvalue weighted by Crippen LogP contribution is 2.18. The van der Waals surface area contributed by atoms with Crippen molar-refractivity contribution in [1.29, 1.82) is 0 Å². The molecular weight excluding hydrogens is 252 g/mol. The predicted octanol–water partition coefficient (Wildman–Crippen LogP) is 2.03. The van der Waals surface area contributed by atoms with E-state index in [0.29, 0.717) is 0 Å². The zero-order valence-corrected chi connectivity index (χ0v) is 11.3. The summed E-state index contributed by atoms with van der Waals surface area (Å²) in [4.78, 5) is 11.6. The first-order valence-corrected chi connectivity index (χ1v) is 6.09. The second-order valence-electron chi connectivity index (χ2n) is 5.56. The van der Waals surface area contributed by atoms with Crippen LogP contribution in [0.15, 0.2) is 18.2 Å². The van der Waals surface area contributed by atoms with E-state index in [1.807, 2.05) is 20.8 Å². The number of halogens is 2. The zero-order chi connectivity index (χ0) is 14.6. The van der Waals surface area contributed by atoms with E-state index in [4.69, 9.17) is 0 Å². The van der Waals surface area contributed by atoms with Crippen LogP contribution >= 0.6 is 0 Å². The van der Waals surface area contributed by atoms with Crippen molar-refractivity contribution in [1.82, 2.24) is 5.32 Å². The Balaban J connectivity index is 2.57. The minimum Gasteiger partial charge on any atom is -0.391 e. The topological polar surface area (TPSA) is 49.3 Å². The number of hydrogen-bond acceptors (Lipinski definition) is 2. The van der Waals surface area contributed by atoms with Gasteiger partial charge in [0.2, 0.25) is 5.91 Å². The minimum atomic E-state index is -0.744. The third-order valence-corrected chi connectivity index (χ3v) is 2.89. The monoisotopic (exact) mass is 271 g/mol. The fourth-order valence-electron chi connectivity index (χ4n) is 1.44. The summed E-state index contributed by atoms with van der Waals surface area (Å²) in [5, 5.41) is 12.2. The molecule has 1 aromatic rings. The number of carbonyl (C=O) groups is 1. The lowest BCUT2D eigenvalue weighted by Gasteiger charge is -2.25. The summed E-state index contributed by atoms with van der Waals surface area (Å²) in [6.45, 7) is 5.56. The number of nitrogens with one attached hydrogen (secondary N) is 1. The third kappa shape index (κ3) is 4.59. The van der Waals surface area contributed by atoms with Crippen LogP contribution in [-0.4, -0.2) is 23.7 Å². The largest absolute Gasteiger partial charge is 0.391 e. The molecule has 1 unspecified atom stereocenters. The summed E-state index contributed by atoms with van der Waals surface area (Å²) in [5.74, 6) is -2.01. The fourth-order valence-corrected chi connectivity index (χ4v) is 1.44. The molecule has 1 atom stereocenters. The first-order valence-electron chi connectivity index (χ1n) is 6.09. The van der Waals surface area contributed by atoms with Crippen molar-refractivity contribution < 1.29 is 18.7 Å². The smallest absolute Gasteiger partial charge is 0.224 e. The Morgan fingerprint density at radius 3 is 2.32 bits per heavy atom. The zero-order valence-electron chi connectivity index (χ0n) is 11.3. The molecule has 0 spiro atoms. The molecule has 0 aliphatic rings. The predicted molar refractivity (Wildman–Crippen MR) is 68.5 cm³/mol. The summed E-state index contributed by atoms with van der Waals surface area (Å²) in [5.41, 5.74) is -0.624. The molecule has 3 nitrogen and oxygen atoms in total. The number of amides is 1. The van der Waals surface area contributed by atoms with Gasteiger partial charge in [0.25, 0.3) is 0 Å². The Kier molecular flexibility index (Phi) is 5.00. The van der Waals surface area contributed by atoms with Gasteiger partial charge in [0, 0.05) is 12.1 Å². The van der Waals surface area contributed by atoms with Crippen molar-refractivity contribution in [3.8, 4) is 0 Å². The normalized spacial score (nSPS) is 13.2. The van der Waals surface area contributed by atoms with Crippen molar-refractivity contribution >= 4 is 5.91 Å². The molecular formula is C14H19F2NO2. The molecule has 1 aromatic carbocycles. The number of rotatable bonds is 4. The average Bonchev–Trinajstić information content (AvgIpc) is 2.29. The molecule has 19 heavy (non-hydrogen) atoms. The molecule has 0 aliphatic heterocycles. The van der Waals surface area contributed by atoms with Gasteiger partial charge in [0.05, 0.1) is 12.5 Å². The highest BCUT2D eigenvalue weighted by Gasteiger charge is 2.22. The van der Waals surface area contributed by atoms with Gasteiger partial charge >= 0.3 is 0 Å². The van der Waals surface area contributed by atoms with E-state index >= 15 is 0 Å². The maximum atomic E-state index is 13.3. The average molecular weight is 271 g/mol. The second kappa shape index (κ2) is 6.10. The summed E-state index contributed by atoms with van der Waals surface area (Å²) in [6.07, 6.45) is -1.10. The number of benzene rings is 1. The maximum Gasteiger partial charge on any atom is 0.224 e. The molecule has 0 bridgehead atoms. The quantitative estimate of drug-likeness (QED) is 0.880. The molecule has 0 saturated carbocycles. The van der Waals surface area contributed by atoms with Gasteiger partial charge < -0.3 is 10.4 Å². The van der Waals surface area contributed by atoms with E-state index in [1.54, 1.807) is 0 Å². The molecule has 0 radical (unpaired) electrons. The van der Waals surface area contributed by atoms with Crippen molar-refractivity contribution in [2.45, 2.75) is 33.3 Å². The van der Waals surface area contributed by atoms with Crippen LogP contribution in [0.2, 0.25) is 0 Å². The van der Waals surface area contributed by atoms with Gasteiger partial charge in [-0.05, 0) is 17.5 Å². The van der Waals surface area contributed by atoms with Crippen LogP contribution in [0.1, 0.15) is 26.3 Å². The maximum absolute atomic E-state index is 13.3. The SMILES string of the molecule is CC(C)(C)C(O)CNC(=O)Cc1c(F)cccc1F. The summed E-state index contributed by atoms with van der Waals surface area (Å²) in [7, 11) is 0. The molecule has 1 amide bonds. The van der Waals surface area contributed by atoms with Crippen LogP contribution in [0, 0.1) is 17.0 Å². The molecule has 0 fully saturated rings. The number of carbonyl (C=O) groups excluding carboxylic acids is 1. The third-order valence-electron chi connectivity index (χ3n) is 2.89. The number of aliphatic hydroxyl groups excluding tert-OH is 1. The van der Waals surface area contributed by atoms with Crippen LogP contribution in [-0.2, 0) is 11.2 Å². The van der Waals surface area contributed by atoms with Gasteiger partial charge in [0.15, 0.2) is 0 Å². The van der Waals surface area contributed by atoms with Gasteiger partial charge in [-0.15, -0.1) is 0 Å². The minimum absolute atomic E-state index is 0.0540. The van der Waals surface area contributed by atoms with E-state index in [-0.39, 0.29) is 23.9 Å². The van der Waals surface area contributed by atoms with Crippen LogP contribution in [0.5, 0.6) is 0 Å². The van der Waals surface area contributed by atoms with Crippen molar-refractivity contribution in [3.05, 3.63) is 35.4 Å². The Hall–Kier alpha value is -1.49. The summed E-state index contributed by atoms with van der Waals surface area (Å²) < 4.78 is 26.7. The Bertz CT molecular complexity index is 435. The lowest BCUT2D eigenvalue weighted by molar-refractivity contribution is -0.121. The highest BCUT2D eigenvalue weighted by molar-refractivity contribution is 5.78. The van der Waals surface area contributed by atoms with Gasteiger partial charge in [-0.3, -0.25) is 4.79 Å². The first-order chi connectivity index (χ1) is 8.71. The van der Waals surface area contributed by atoms with E-state index in [0.717, 1.165) is 12.1 Å². The fraction of sp³-hybridized carbons (Fsp3) is 0.500. The van der Waals surface area contributed by atoms with Gasteiger partial charge in [-0.1, -0.05) is 26.8 Å². The van der Waals surface area contributed by atoms with Crippen molar-refractivity contribution in [2.75, 3.05) is 6.54 Å². The summed E-state index contributed by atoms with van der Waals surface area (Å²) >= 11 is 0. The van der Waals surface area contributed by atoms with Gasteiger partial charge in [-0.25, -0.2) is 8.78 Å². The molecule has 1 rings (SSSR count). The van der Waals surface area contributed by atoms with Gasteiger partial charge in [-0.2, -0.15) is 0 Å². The lowest BCUT2D eigenvalue weighted by atomic mass is 9.89. The number of hydrogen-bond donors (Lipinski definition) is 2. The Morgan fingerprint density at radius 2 is 1.84 bits per heavy atom. The van der Waals surface area contributed by atoms with Crippen LogP contribution in [0.3, 0.4) is 0 Å². The molecule has 0 aromatic heterocycles. The van der Waals surface area contributed by atoms with Crippen LogP contribution < -0.4 is 5.32 Å². The Labute approximate surface area is 111 Å². The molecule has 0 saturated heterocycles. The van der Waals surface area contributed by atoms with Crippen molar-refractivity contribution in [3.63, 3.8) is 0 Å². The molecule has 0 heterocycles. The standard InChI is InChI=1S/C14H19F2NO2/c1-14(2,3)12(18)8-17-13(19)7-9-10(15)5-4-6-11(9)16/h4-6,12,18H,7-8H2,1-3H3,(H,17,19).